The second-order valence-electron chi connectivity index (χ2n) is 6.25. The predicted molar refractivity (Wildman–Crippen MR) is 99.9 cm³/mol. The summed E-state index contributed by atoms with van der Waals surface area (Å²) in [5.41, 5.74) is 0.949. The maximum absolute atomic E-state index is 12.9. The Morgan fingerprint density at radius 3 is 1.92 bits per heavy atom. The molecule has 0 spiro atoms. The van der Waals surface area contributed by atoms with E-state index in [2.05, 4.69) is 0 Å². The highest BCUT2D eigenvalue weighted by Crippen LogP contribution is 2.48. The van der Waals surface area contributed by atoms with Crippen LogP contribution >= 0.6 is 0 Å². The fourth-order valence-corrected chi connectivity index (χ4v) is 3.22. The number of benzene rings is 3. The number of hydrogen-bond donors (Lipinski definition) is 1. The van der Waals surface area contributed by atoms with Gasteiger partial charge >= 0.3 is 0 Å². The second-order valence-corrected chi connectivity index (χ2v) is 6.25. The van der Waals surface area contributed by atoms with E-state index in [1.54, 1.807) is 24.3 Å². The van der Waals surface area contributed by atoms with Crippen LogP contribution < -0.4 is 0 Å². The molecule has 128 valence electrons. The lowest BCUT2D eigenvalue weighted by Crippen LogP contribution is -2.48. The molecular formula is C23H18O3. The number of ether oxygens (including phenoxy) is 1. The van der Waals surface area contributed by atoms with Crippen molar-refractivity contribution in [2.24, 2.45) is 0 Å². The number of hydrogen-bond acceptors (Lipinski definition) is 3. The maximum atomic E-state index is 12.9. The third-order valence-corrected chi connectivity index (χ3v) is 4.59. The molecule has 0 aromatic heterocycles. The predicted octanol–water partition coefficient (Wildman–Crippen LogP) is 4.09. The van der Waals surface area contributed by atoms with Crippen LogP contribution in [0.25, 0.3) is 5.57 Å². The van der Waals surface area contributed by atoms with Crippen LogP contribution in [0.4, 0.5) is 0 Å². The monoisotopic (exact) mass is 342 g/mol. The van der Waals surface area contributed by atoms with Gasteiger partial charge in [-0.3, -0.25) is 4.79 Å². The number of carbonyl (C=O) groups excluding carboxylic acids is 1. The Balaban J connectivity index is 1.76. The molecule has 0 fully saturated rings. The van der Waals surface area contributed by atoms with Crippen LogP contribution in [0.15, 0.2) is 96.8 Å². The van der Waals surface area contributed by atoms with Crippen molar-refractivity contribution in [1.82, 2.24) is 0 Å². The molecule has 0 radical (unpaired) electrons. The number of ketones is 1. The first-order chi connectivity index (χ1) is 12.7. The molecule has 3 heteroatoms. The Bertz CT molecular complexity index is 947. The molecule has 3 aromatic rings. The second kappa shape index (κ2) is 6.62. The average Bonchev–Trinajstić information content (AvgIpc) is 2.72. The fourth-order valence-electron chi connectivity index (χ4n) is 3.22. The maximum Gasteiger partial charge on any atom is 0.211 e. The van der Waals surface area contributed by atoms with E-state index in [1.165, 1.54) is 0 Å². The van der Waals surface area contributed by atoms with Crippen LogP contribution in [0, 0.1) is 0 Å². The van der Waals surface area contributed by atoms with E-state index >= 15 is 0 Å². The van der Waals surface area contributed by atoms with Gasteiger partial charge in [0.2, 0.25) is 11.4 Å². The van der Waals surface area contributed by atoms with Crippen molar-refractivity contribution in [3.05, 3.63) is 113 Å². The third kappa shape index (κ3) is 2.63. The molecule has 4 rings (SSSR count). The van der Waals surface area contributed by atoms with E-state index in [4.69, 9.17) is 4.74 Å². The van der Waals surface area contributed by atoms with Gasteiger partial charge in [-0.25, -0.2) is 0 Å². The minimum Gasteiger partial charge on any atom is -0.488 e. The summed E-state index contributed by atoms with van der Waals surface area (Å²) in [6.45, 7) is 0.287. The van der Waals surface area contributed by atoms with Crippen LogP contribution in [0.1, 0.15) is 16.7 Å². The van der Waals surface area contributed by atoms with Crippen LogP contribution in [0.5, 0.6) is 0 Å². The van der Waals surface area contributed by atoms with Crippen LogP contribution in [0.3, 0.4) is 0 Å². The van der Waals surface area contributed by atoms with E-state index in [0.717, 1.165) is 11.1 Å². The minimum atomic E-state index is -1.73. The Morgan fingerprint density at radius 2 is 1.31 bits per heavy atom. The van der Waals surface area contributed by atoms with Crippen LogP contribution in [-0.4, -0.2) is 10.9 Å². The number of carbonyl (C=O) groups is 1. The van der Waals surface area contributed by atoms with Crippen molar-refractivity contribution in [2.45, 2.75) is 12.2 Å². The Morgan fingerprint density at radius 1 is 0.769 bits per heavy atom. The molecule has 0 aliphatic heterocycles. The van der Waals surface area contributed by atoms with Gasteiger partial charge in [0, 0.05) is 0 Å². The van der Waals surface area contributed by atoms with Crippen LogP contribution in [-0.2, 0) is 21.7 Å². The minimum absolute atomic E-state index is 0.287. The first-order valence-electron chi connectivity index (χ1n) is 8.51. The quantitative estimate of drug-likeness (QED) is 0.760. The standard InChI is InChI=1S/C23H18O3/c24-21-20(18-12-6-2-7-13-18)22(26-16-17-10-4-1-5-11-17)23(21,25)19-14-8-3-9-15-19/h1-15,25H,16H2. The van der Waals surface area contributed by atoms with Gasteiger partial charge in [0.25, 0.3) is 0 Å². The summed E-state index contributed by atoms with van der Waals surface area (Å²) in [7, 11) is 0. The molecule has 26 heavy (non-hydrogen) atoms. The van der Waals surface area contributed by atoms with Gasteiger partial charge < -0.3 is 9.84 Å². The molecule has 1 unspecified atom stereocenters. The summed E-state index contributed by atoms with van der Waals surface area (Å²) in [6.07, 6.45) is 0. The summed E-state index contributed by atoms with van der Waals surface area (Å²) < 4.78 is 5.98. The smallest absolute Gasteiger partial charge is 0.211 e. The molecule has 1 atom stereocenters. The van der Waals surface area contributed by atoms with Gasteiger partial charge in [-0.05, 0) is 16.7 Å². The van der Waals surface area contributed by atoms with Crippen molar-refractivity contribution in [1.29, 1.82) is 0 Å². The zero-order chi connectivity index (χ0) is 18.0. The number of Topliss-reactive ketones (excluding diaryl/α,β-unsaturated/α-hetero) is 1. The van der Waals surface area contributed by atoms with E-state index in [1.807, 2.05) is 66.7 Å². The van der Waals surface area contributed by atoms with Gasteiger partial charge in [0.1, 0.15) is 6.61 Å². The van der Waals surface area contributed by atoms with E-state index < -0.39 is 5.60 Å². The molecule has 1 aliphatic rings. The highest BCUT2D eigenvalue weighted by Gasteiger charge is 2.56. The summed E-state index contributed by atoms with van der Waals surface area (Å²) in [4.78, 5) is 12.9. The highest BCUT2D eigenvalue weighted by molar-refractivity contribution is 6.33. The zero-order valence-electron chi connectivity index (χ0n) is 14.1. The lowest BCUT2D eigenvalue weighted by atomic mass is 9.71. The summed E-state index contributed by atoms with van der Waals surface area (Å²) in [5.74, 6) is -0.0262. The van der Waals surface area contributed by atoms with Gasteiger partial charge in [0.15, 0.2) is 5.76 Å². The third-order valence-electron chi connectivity index (χ3n) is 4.59. The lowest BCUT2D eigenvalue weighted by molar-refractivity contribution is -0.137. The van der Waals surface area contributed by atoms with Crippen molar-refractivity contribution in [3.8, 4) is 0 Å². The zero-order valence-corrected chi connectivity index (χ0v) is 14.1. The van der Waals surface area contributed by atoms with Gasteiger partial charge in [0.05, 0.1) is 5.57 Å². The SMILES string of the molecule is O=C1C(c2ccccc2)=C(OCc2ccccc2)C1(O)c1ccccc1. The number of aliphatic hydroxyl groups is 1. The molecule has 0 saturated heterocycles. The van der Waals surface area contributed by atoms with Crippen molar-refractivity contribution in [2.75, 3.05) is 0 Å². The van der Waals surface area contributed by atoms with E-state index in [0.29, 0.717) is 16.9 Å². The molecule has 0 amide bonds. The number of rotatable bonds is 5. The normalized spacial score (nSPS) is 19.2. The van der Waals surface area contributed by atoms with E-state index in [-0.39, 0.29) is 12.4 Å². The molecular weight excluding hydrogens is 324 g/mol. The average molecular weight is 342 g/mol. The summed E-state index contributed by atoms with van der Waals surface area (Å²) in [6, 6.07) is 28.0. The molecule has 3 aromatic carbocycles. The van der Waals surface area contributed by atoms with Crippen LogP contribution in [0.2, 0.25) is 0 Å². The molecule has 1 N–H and O–H groups in total. The Hall–Kier alpha value is -3.17. The lowest BCUT2D eigenvalue weighted by Gasteiger charge is -2.39. The fraction of sp³-hybridized carbons (Fsp3) is 0.0870. The topological polar surface area (TPSA) is 46.5 Å². The Kier molecular flexibility index (Phi) is 4.15. The van der Waals surface area contributed by atoms with Crippen molar-refractivity contribution >= 4 is 11.4 Å². The molecule has 1 aliphatic carbocycles. The molecule has 0 saturated carbocycles. The first kappa shape index (κ1) is 16.3. The molecule has 3 nitrogen and oxygen atoms in total. The van der Waals surface area contributed by atoms with Crippen molar-refractivity contribution < 1.29 is 14.6 Å². The highest BCUT2D eigenvalue weighted by atomic mass is 16.5. The largest absolute Gasteiger partial charge is 0.488 e. The van der Waals surface area contributed by atoms with Crippen molar-refractivity contribution in [3.63, 3.8) is 0 Å². The molecule has 0 bridgehead atoms. The Labute approximate surface area is 152 Å². The molecule has 0 heterocycles. The summed E-state index contributed by atoms with van der Waals surface area (Å²) in [5, 5.41) is 11.2. The van der Waals surface area contributed by atoms with E-state index in [9.17, 15) is 9.90 Å². The van der Waals surface area contributed by atoms with Gasteiger partial charge in [-0.15, -0.1) is 0 Å². The van der Waals surface area contributed by atoms with Gasteiger partial charge in [-0.1, -0.05) is 91.0 Å². The first-order valence-corrected chi connectivity index (χ1v) is 8.51. The summed E-state index contributed by atoms with van der Waals surface area (Å²) >= 11 is 0. The van der Waals surface area contributed by atoms with Gasteiger partial charge in [-0.2, -0.15) is 0 Å².